The van der Waals surface area contributed by atoms with E-state index in [2.05, 4.69) is 15.9 Å². The van der Waals surface area contributed by atoms with E-state index < -0.39 is 22.4 Å². The van der Waals surface area contributed by atoms with Gasteiger partial charge in [0.15, 0.2) is 0 Å². The average Bonchev–Trinajstić information content (AvgIpc) is 1.81. The van der Waals surface area contributed by atoms with Crippen molar-refractivity contribution in [3.63, 3.8) is 0 Å². The molecule has 0 aromatic rings. The third kappa shape index (κ3) is 6.57. The Balaban J connectivity index is 3.96. The molecule has 4 nitrogen and oxygen atoms in total. The highest BCUT2D eigenvalue weighted by Gasteiger charge is 2.22. The lowest BCUT2D eigenvalue weighted by Gasteiger charge is -2.19. The van der Waals surface area contributed by atoms with Gasteiger partial charge in [-0.05, 0) is 20.8 Å². The number of halogens is 1. The van der Waals surface area contributed by atoms with E-state index in [9.17, 15) is 9.59 Å². The van der Waals surface area contributed by atoms with Crippen molar-refractivity contribution in [2.24, 2.45) is 0 Å². The fourth-order valence-electron chi connectivity index (χ4n) is 0.617. The lowest BCUT2D eigenvalue weighted by atomic mass is 10.2. The minimum absolute atomic E-state index is 0.160. The van der Waals surface area contributed by atoms with Crippen LogP contribution in [-0.4, -0.2) is 27.5 Å². The zero-order chi connectivity index (χ0) is 10.6. The van der Waals surface area contributed by atoms with Crippen LogP contribution in [0.15, 0.2) is 0 Å². The first kappa shape index (κ1) is 12.4. The number of hydrogen-bond donors (Lipinski definition) is 1. The van der Waals surface area contributed by atoms with Gasteiger partial charge in [-0.3, -0.25) is 9.59 Å². The highest BCUT2D eigenvalue weighted by atomic mass is 79.9. The highest BCUT2D eigenvalue weighted by Crippen LogP contribution is 2.12. The van der Waals surface area contributed by atoms with E-state index in [-0.39, 0.29) is 6.42 Å². The van der Waals surface area contributed by atoms with Gasteiger partial charge in [-0.25, -0.2) is 0 Å². The van der Waals surface area contributed by atoms with Gasteiger partial charge in [0.25, 0.3) is 0 Å². The van der Waals surface area contributed by atoms with Crippen LogP contribution in [0.3, 0.4) is 0 Å². The summed E-state index contributed by atoms with van der Waals surface area (Å²) in [6, 6.07) is 0. The highest BCUT2D eigenvalue weighted by molar-refractivity contribution is 9.10. The minimum atomic E-state index is -1.06. The lowest BCUT2D eigenvalue weighted by molar-refractivity contribution is -0.156. The van der Waals surface area contributed by atoms with Gasteiger partial charge < -0.3 is 9.84 Å². The Labute approximate surface area is 85.4 Å². The molecule has 0 fully saturated rings. The summed E-state index contributed by atoms with van der Waals surface area (Å²) in [6.07, 6.45) is -0.160. The molecular weight excluding hydrogens is 240 g/mol. The SMILES string of the molecule is CC(C)(C)OC(=O)CC(Br)C(=O)O. The predicted molar refractivity (Wildman–Crippen MR) is 50.8 cm³/mol. The maximum Gasteiger partial charge on any atom is 0.317 e. The number of carboxylic acids is 1. The second-order valence-corrected chi connectivity index (χ2v) is 4.70. The van der Waals surface area contributed by atoms with Crippen LogP contribution in [0.4, 0.5) is 0 Å². The van der Waals surface area contributed by atoms with Gasteiger partial charge >= 0.3 is 11.9 Å². The average molecular weight is 253 g/mol. The summed E-state index contributed by atoms with van der Waals surface area (Å²) in [6.45, 7) is 5.19. The van der Waals surface area contributed by atoms with E-state index in [1.54, 1.807) is 20.8 Å². The van der Waals surface area contributed by atoms with Crippen molar-refractivity contribution >= 4 is 27.9 Å². The Morgan fingerprint density at radius 3 is 2.23 bits per heavy atom. The van der Waals surface area contributed by atoms with Crippen LogP contribution in [-0.2, 0) is 14.3 Å². The van der Waals surface area contributed by atoms with Gasteiger partial charge in [0.1, 0.15) is 10.4 Å². The van der Waals surface area contributed by atoms with Gasteiger partial charge in [-0.1, -0.05) is 15.9 Å². The van der Waals surface area contributed by atoms with E-state index in [1.807, 2.05) is 0 Å². The number of carbonyl (C=O) groups excluding carboxylic acids is 1. The number of alkyl halides is 1. The Morgan fingerprint density at radius 1 is 1.46 bits per heavy atom. The minimum Gasteiger partial charge on any atom is -0.480 e. The van der Waals surface area contributed by atoms with Crippen molar-refractivity contribution in [3.8, 4) is 0 Å². The standard InChI is InChI=1S/C8H13BrO4/c1-8(2,3)13-6(10)4-5(9)7(11)12/h5H,4H2,1-3H3,(H,11,12). The Kier molecular flexibility index (Phi) is 4.39. The number of esters is 1. The molecule has 0 spiro atoms. The Morgan fingerprint density at radius 2 is 1.92 bits per heavy atom. The molecule has 0 aliphatic carbocycles. The largest absolute Gasteiger partial charge is 0.480 e. The first-order valence-corrected chi connectivity index (χ1v) is 4.72. The molecular formula is C8H13BrO4. The van der Waals surface area contributed by atoms with E-state index in [0.717, 1.165) is 0 Å². The number of hydrogen-bond acceptors (Lipinski definition) is 3. The molecule has 1 atom stereocenters. The van der Waals surface area contributed by atoms with Crippen LogP contribution in [0.5, 0.6) is 0 Å². The fourth-order valence-corrected chi connectivity index (χ4v) is 0.881. The monoisotopic (exact) mass is 252 g/mol. The van der Waals surface area contributed by atoms with Crippen LogP contribution >= 0.6 is 15.9 Å². The number of carboxylic acid groups (broad SMARTS) is 1. The molecule has 0 aliphatic rings. The molecule has 0 aromatic carbocycles. The summed E-state index contributed by atoms with van der Waals surface area (Å²) in [4.78, 5) is 20.5. The second-order valence-electron chi connectivity index (χ2n) is 3.60. The van der Waals surface area contributed by atoms with Gasteiger partial charge in [0.05, 0.1) is 6.42 Å². The number of rotatable bonds is 3. The van der Waals surface area contributed by atoms with Crippen molar-refractivity contribution in [2.45, 2.75) is 37.6 Å². The molecule has 1 N–H and O–H groups in total. The van der Waals surface area contributed by atoms with Crippen molar-refractivity contribution < 1.29 is 19.4 Å². The summed E-state index contributed by atoms with van der Waals surface area (Å²) in [5, 5.41) is 8.47. The fraction of sp³-hybridized carbons (Fsp3) is 0.750. The normalized spacial score (nSPS) is 13.5. The molecule has 76 valence electrons. The predicted octanol–water partition coefficient (Wildman–Crippen LogP) is 1.57. The van der Waals surface area contributed by atoms with Gasteiger partial charge in [-0.2, -0.15) is 0 Å². The molecule has 0 bridgehead atoms. The zero-order valence-corrected chi connectivity index (χ0v) is 9.42. The van der Waals surface area contributed by atoms with E-state index in [4.69, 9.17) is 9.84 Å². The van der Waals surface area contributed by atoms with Gasteiger partial charge in [0, 0.05) is 0 Å². The molecule has 0 aromatic heterocycles. The molecule has 1 unspecified atom stereocenters. The topological polar surface area (TPSA) is 63.6 Å². The third-order valence-corrected chi connectivity index (χ3v) is 1.75. The van der Waals surface area contributed by atoms with Crippen molar-refractivity contribution in [1.29, 1.82) is 0 Å². The summed E-state index contributed by atoms with van der Waals surface area (Å²) in [5.74, 6) is -1.58. The van der Waals surface area contributed by atoms with Crippen LogP contribution in [0.1, 0.15) is 27.2 Å². The summed E-state index contributed by atoms with van der Waals surface area (Å²) < 4.78 is 4.93. The summed E-state index contributed by atoms with van der Waals surface area (Å²) >= 11 is 2.85. The smallest absolute Gasteiger partial charge is 0.317 e. The van der Waals surface area contributed by atoms with Crippen LogP contribution in [0.2, 0.25) is 0 Å². The molecule has 0 radical (unpaired) electrons. The van der Waals surface area contributed by atoms with Crippen LogP contribution < -0.4 is 0 Å². The maximum atomic E-state index is 11.1. The van der Waals surface area contributed by atoms with Gasteiger partial charge in [-0.15, -0.1) is 0 Å². The van der Waals surface area contributed by atoms with Gasteiger partial charge in [0.2, 0.25) is 0 Å². The van der Waals surface area contributed by atoms with Crippen molar-refractivity contribution in [1.82, 2.24) is 0 Å². The quantitative estimate of drug-likeness (QED) is 0.612. The summed E-state index contributed by atoms with van der Waals surface area (Å²) in [7, 11) is 0. The van der Waals surface area contributed by atoms with E-state index in [0.29, 0.717) is 0 Å². The Bertz CT molecular complexity index is 207. The number of carbonyl (C=O) groups is 2. The number of aliphatic carboxylic acids is 1. The molecule has 0 amide bonds. The molecule has 13 heavy (non-hydrogen) atoms. The molecule has 5 heteroatoms. The first-order chi connectivity index (χ1) is 5.72. The Hall–Kier alpha value is -0.580. The van der Waals surface area contributed by atoms with E-state index in [1.165, 1.54) is 0 Å². The zero-order valence-electron chi connectivity index (χ0n) is 7.83. The molecule has 0 rings (SSSR count). The summed E-state index contributed by atoms with van der Waals surface area (Å²) in [5.41, 5.74) is -0.567. The van der Waals surface area contributed by atoms with Crippen LogP contribution in [0.25, 0.3) is 0 Å². The maximum absolute atomic E-state index is 11.1. The lowest BCUT2D eigenvalue weighted by Crippen LogP contribution is -2.27. The van der Waals surface area contributed by atoms with Crippen molar-refractivity contribution in [3.05, 3.63) is 0 Å². The second kappa shape index (κ2) is 4.60. The number of ether oxygens (including phenoxy) is 1. The third-order valence-electron chi connectivity index (χ3n) is 1.03. The molecule has 0 saturated carbocycles. The molecule has 0 saturated heterocycles. The van der Waals surface area contributed by atoms with Crippen molar-refractivity contribution in [2.75, 3.05) is 0 Å². The van der Waals surface area contributed by atoms with Crippen LogP contribution in [0, 0.1) is 0 Å². The molecule has 0 heterocycles. The first-order valence-electron chi connectivity index (χ1n) is 3.81. The molecule has 0 aliphatic heterocycles. The van der Waals surface area contributed by atoms with E-state index >= 15 is 0 Å².